The number of hydrogen-bond donors (Lipinski definition) is 1. The van der Waals surface area contributed by atoms with E-state index in [1.165, 1.54) is 6.42 Å². The zero-order chi connectivity index (χ0) is 18.8. The van der Waals surface area contributed by atoms with Crippen molar-refractivity contribution in [3.63, 3.8) is 0 Å². The lowest BCUT2D eigenvalue weighted by Crippen LogP contribution is -2.52. The second-order valence-corrected chi connectivity index (χ2v) is 6.46. The van der Waals surface area contributed by atoms with Gasteiger partial charge in [-0.15, -0.1) is 0 Å². The average Bonchev–Trinajstić information content (AvgIpc) is 3.26. The highest BCUT2D eigenvalue weighted by Crippen LogP contribution is 2.48. The van der Waals surface area contributed by atoms with Crippen LogP contribution in [0, 0.1) is 0 Å². The fourth-order valence-electron chi connectivity index (χ4n) is 3.75. The molecule has 146 valence electrons. The van der Waals surface area contributed by atoms with Crippen LogP contribution in [0.2, 0.25) is 0 Å². The van der Waals surface area contributed by atoms with E-state index in [-0.39, 0.29) is 6.17 Å². The van der Waals surface area contributed by atoms with Crippen molar-refractivity contribution in [1.82, 2.24) is 20.7 Å². The van der Waals surface area contributed by atoms with Crippen LogP contribution in [-0.2, 0) is 4.84 Å². The van der Waals surface area contributed by atoms with Gasteiger partial charge in [0.15, 0.2) is 11.5 Å². The number of benzene rings is 1. The minimum absolute atomic E-state index is 0.368. The SMILES string of the molecule is COc1cc2c(c(OC)c1OC)C(N1NC=CO1)N(N1CCCCC1)N=C2. The molecule has 0 amide bonds. The van der Waals surface area contributed by atoms with E-state index in [1.54, 1.807) is 39.0 Å². The molecule has 27 heavy (non-hydrogen) atoms. The van der Waals surface area contributed by atoms with Gasteiger partial charge in [0, 0.05) is 18.7 Å². The van der Waals surface area contributed by atoms with Crippen LogP contribution in [0.25, 0.3) is 0 Å². The van der Waals surface area contributed by atoms with Gasteiger partial charge in [0.05, 0.1) is 39.3 Å². The van der Waals surface area contributed by atoms with Crippen LogP contribution < -0.4 is 19.6 Å². The van der Waals surface area contributed by atoms with E-state index >= 15 is 0 Å². The van der Waals surface area contributed by atoms with Crippen LogP contribution in [0.15, 0.2) is 23.6 Å². The molecule has 3 aliphatic heterocycles. The maximum absolute atomic E-state index is 5.76. The van der Waals surface area contributed by atoms with Gasteiger partial charge in [-0.25, -0.2) is 5.01 Å². The highest BCUT2D eigenvalue weighted by molar-refractivity contribution is 5.86. The molecule has 1 unspecified atom stereocenters. The van der Waals surface area contributed by atoms with Crippen LogP contribution in [0.5, 0.6) is 17.2 Å². The van der Waals surface area contributed by atoms with Crippen molar-refractivity contribution < 1.29 is 19.0 Å². The summed E-state index contributed by atoms with van der Waals surface area (Å²) in [5, 5.41) is 10.6. The first-order valence-electron chi connectivity index (χ1n) is 9.06. The number of nitrogens with one attached hydrogen (secondary N) is 1. The van der Waals surface area contributed by atoms with Crippen LogP contribution in [-0.4, -0.2) is 55.9 Å². The summed E-state index contributed by atoms with van der Waals surface area (Å²) in [6.07, 6.45) is 8.31. The van der Waals surface area contributed by atoms with Crippen molar-refractivity contribution >= 4 is 6.21 Å². The Balaban J connectivity index is 1.83. The lowest BCUT2D eigenvalue weighted by Gasteiger charge is -2.44. The molecular weight excluding hydrogens is 350 g/mol. The van der Waals surface area contributed by atoms with E-state index in [0.717, 1.165) is 37.1 Å². The van der Waals surface area contributed by atoms with Gasteiger partial charge in [0.2, 0.25) is 11.9 Å². The quantitative estimate of drug-likeness (QED) is 0.838. The molecule has 1 N–H and O–H groups in total. The first-order chi connectivity index (χ1) is 13.3. The number of hydrogen-bond acceptors (Lipinski definition) is 9. The molecule has 1 fully saturated rings. The van der Waals surface area contributed by atoms with Crippen LogP contribution in [0.4, 0.5) is 0 Å². The van der Waals surface area contributed by atoms with Crippen molar-refractivity contribution in [3.05, 3.63) is 29.7 Å². The summed E-state index contributed by atoms with van der Waals surface area (Å²) in [4.78, 5) is 5.67. The maximum Gasteiger partial charge on any atom is 0.203 e. The zero-order valence-corrected chi connectivity index (χ0v) is 15.8. The summed E-state index contributed by atoms with van der Waals surface area (Å²) in [5.41, 5.74) is 4.90. The standard InChI is InChI=1S/C18H25N5O4/c1-24-14-11-13-12-20-22(21-8-5-4-6-9-21)18(23-19-7-10-27-23)15(13)17(26-3)16(14)25-2/h7,10-12,18-19H,4-6,8-9H2,1-3H3. The molecule has 1 aromatic carbocycles. The van der Waals surface area contributed by atoms with E-state index in [1.807, 2.05) is 17.4 Å². The van der Waals surface area contributed by atoms with Crippen molar-refractivity contribution in [3.8, 4) is 17.2 Å². The Bertz CT molecular complexity index is 740. The summed E-state index contributed by atoms with van der Waals surface area (Å²) in [5.74, 6) is 1.74. The third kappa shape index (κ3) is 3.02. The molecule has 1 aromatic rings. The number of piperidine rings is 1. The maximum atomic E-state index is 5.76. The molecule has 0 radical (unpaired) electrons. The first kappa shape index (κ1) is 17.7. The second kappa shape index (κ2) is 7.53. The number of nitrogens with zero attached hydrogens (tertiary/aromatic N) is 4. The van der Waals surface area contributed by atoms with Crippen molar-refractivity contribution in [2.24, 2.45) is 5.10 Å². The average molecular weight is 375 g/mol. The Morgan fingerprint density at radius 3 is 2.48 bits per heavy atom. The topological polar surface area (TPSA) is 71.0 Å². The zero-order valence-electron chi connectivity index (χ0n) is 15.8. The normalized spacial score (nSPS) is 22.2. The number of hydrazine groups is 2. The number of hydrazone groups is 1. The molecular formula is C18H25N5O4. The third-order valence-electron chi connectivity index (χ3n) is 4.98. The molecule has 0 bridgehead atoms. The van der Waals surface area contributed by atoms with Crippen molar-refractivity contribution in [1.29, 1.82) is 0 Å². The molecule has 3 aliphatic rings. The van der Waals surface area contributed by atoms with Gasteiger partial charge < -0.3 is 19.0 Å². The monoisotopic (exact) mass is 375 g/mol. The molecule has 0 aromatic heterocycles. The summed E-state index contributed by atoms with van der Waals surface area (Å²) < 4.78 is 16.8. The van der Waals surface area contributed by atoms with Crippen LogP contribution in [0.3, 0.4) is 0 Å². The molecule has 4 rings (SSSR count). The van der Waals surface area contributed by atoms with E-state index < -0.39 is 0 Å². The predicted octanol–water partition coefficient (Wildman–Crippen LogP) is 1.98. The highest BCUT2D eigenvalue weighted by atomic mass is 16.7. The molecule has 9 nitrogen and oxygen atoms in total. The smallest absolute Gasteiger partial charge is 0.203 e. The van der Waals surface area contributed by atoms with Gasteiger partial charge in [0.1, 0.15) is 6.26 Å². The Labute approximate surface area is 158 Å². The van der Waals surface area contributed by atoms with E-state index in [4.69, 9.17) is 24.1 Å². The lowest BCUT2D eigenvalue weighted by atomic mass is 10.0. The second-order valence-electron chi connectivity index (χ2n) is 6.46. The van der Waals surface area contributed by atoms with Gasteiger partial charge >= 0.3 is 0 Å². The Morgan fingerprint density at radius 2 is 1.85 bits per heavy atom. The molecule has 9 heteroatoms. The van der Waals surface area contributed by atoms with Gasteiger partial charge in [-0.3, -0.25) is 5.43 Å². The number of rotatable bonds is 5. The third-order valence-corrected chi connectivity index (χ3v) is 4.98. The fraction of sp³-hybridized carbons (Fsp3) is 0.500. The molecule has 1 atom stereocenters. The van der Waals surface area contributed by atoms with Gasteiger partial charge in [-0.05, 0) is 24.1 Å². The van der Waals surface area contributed by atoms with Gasteiger partial charge in [-0.1, -0.05) is 6.42 Å². The molecule has 0 saturated carbocycles. The minimum Gasteiger partial charge on any atom is -0.493 e. The Morgan fingerprint density at radius 1 is 1.07 bits per heavy atom. The molecule has 1 saturated heterocycles. The number of fused-ring (bicyclic) bond motifs is 1. The Hall–Kier alpha value is -2.65. The van der Waals surface area contributed by atoms with Gasteiger partial charge in [-0.2, -0.15) is 10.2 Å². The minimum atomic E-state index is -0.368. The molecule has 0 spiro atoms. The first-order valence-corrected chi connectivity index (χ1v) is 9.06. The highest BCUT2D eigenvalue weighted by Gasteiger charge is 2.41. The number of hydroxylamine groups is 1. The van der Waals surface area contributed by atoms with Crippen molar-refractivity contribution in [2.45, 2.75) is 25.4 Å². The summed E-state index contributed by atoms with van der Waals surface area (Å²) >= 11 is 0. The van der Waals surface area contributed by atoms with Crippen LogP contribution >= 0.6 is 0 Å². The van der Waals surface area contributed by atoms with E-state index in [0.29, 0.717) is 17.2 Å². The van der Waals surface area contributed by atoms with Crippen LogP contribution in [0.1, 0.15) is 36.6 Å². The summed E-state index contributed by atoms with van der Waals surface area (Å²) in [6, 6.07) is 1.91. The van der Waals surface area contributed by atoms with E-state index in [9.17, 15) is 0 Å². The summed E-state index contributed by atoms with van der Waals surface area (Å²) in [7, 11) is 4.84. The number of methoxy groups -OCH3 is 3. The fourth-order valence-corrected chi connectivity index (χ4v) is 3.75. The van der Waals surface area contributed by atoms with Gasteiger partial charge in [0.25, 0.3) is 0 Å². The lowest BCUT2D eigenvalue weighted by molar-refractivity contribution is -0.241. The number of ether oxygens (including phenoxy) is 3. The predicted molar refractivity (Wildman–Crippen MR) is 98.9 cm³/mol. The molecule has 0 aliphatic carbocycles. The Kier molecular flexibility index (Phi) is 4.95. The molecule has 3 heterocycles. The summed E-state index contributed by atoms with van der Waals surface area (Å²) in [6.45, 7) is 1.89. The van der Waals surface area contributed by atoms with Crippen molar-refractivity contribution in [2.75, 3.05) is 34.4 Å². The largest absolute Gasteiger partial charge is 0.493 e. The van der Waals surface area contributed by atoms with E-state index in [2.05, 4.69) is 10.4 Å².